The Labute approximate surface area is 141 Å². The van der Waals surface area contributed by atoms with E-state index in [2.05, 4.69) is 12.2 Å². The van der Waals surface area contributed by atoms with Gasteiger partial charge in [-0.15, -0.1) is 0 Å². The minimum absolute atomic E-state index is 0.0309. The summed E-state index contributed by atoms with van der Waals surface area (Å²) < 4.78 is 11.1. The standard InChI is InChI=1S/C20H21NO3/c1-2-15-7-3-5-9-18(15)24-14-20(22)21-12-11-16-13-23-19-10-6-4-8-17(16)19/h3-10,13H,2,11-12,14H2,1H3,(H,21,22). The molecule has 1 heterocycles. The molecule has 0 radical (unpaired) electrons. The van der Waals surface area contributed by atoms with Gasteiger partial charge in [0.2, 0.25) is 0 Å². The van der Waals surface area contributed by atoms with E-state index < -0.39 is 0 Å². The van der Waals surface area contributed by atoms with Gasteiger partial charge in [0.15, 0.2) is 6.61 Å². The number of rotatable bonds is 7. The third-order valence-electron chi connectivity index (χ3n) is 3.99. The maximum absolute atomic E-state index is 11.9. The summed E-state index contributed by atoms with van der Waals surface area (Å²) in [6, 6.07) is 15.7. The predicted octanol–water partition coefficient (Wildman–Crippen LogP) is 3.73. The Morgan fingerprint density at radius 3 is 2.75 bits per heavy atom. The van der Waals surface area contributed by atoms with E-state index in [4.69, 9.17) is 9.15 Å². The van der Waals surface area contributed by atoms with Crippen LogP contribution >= 0.6 is 0 Å². The first-order chi connectivity index (χ1) is 11.8. The Hall–Kier alpha value is -2.75. The van der Waals surface area contributed by atoms with Crippen LogP contribution in [0.25, 0.3) is 11.0 Å². The Balaban J connectivity index is 1.47. The number of amides is 1. The van der Waals surface area contributed by atoms with Crippen molar-refractivity contribution in [2.45, 2.75) is 19.8 Å². The lowest BCUT2D eigenvalue weighted by molar-refractivity contribution is -0.123. The number of furan rings is 1. The number of carbonyl (C=O) groups excluding carboxylic acids is 1. The van der Waals surface area contributed by atoms with Crippen LogP contribution in [0.2, 0.25) is 0 Å². The lowest BCUT2D eigenvalue weighted by Crippen LogP contribution is -2.30. The summed E-state index contributed by atoms with van der Waals surface area (Å²) in [5.41, 5.74) is 3.08. The molecule has 1 amide bonds. The topological polar surface area (TPSA) is 51.5 Å². The zero-order valence-electron chi connectivity index (χ0n) is 13.7. The number of nitrogens with one attached hydrogen (secondary N) is 1. The normalized spacial score (nSPS) is 10.7. The lowest BCUT2D eigenvalue weighted by Gasteiger charge is -2.10. The number of ether oxygens (including phenoxy) is 1. The van der Waals surface area contributed by atoms with E-state index in [1.807, 2.05) is 48.5 Å². The van der Waals surface area contributed by atoms with E-state index in [0.717, 1.165) is 40.7 Å². The van der Waals surface area contributed by atoms with Gasteiger partial charge in [0, 0.05) is 11.9 Å². The minimum atomic E-state index is -0.117. The second kappa shape index (κ2) is 7.68. The van der Waals surface area contributed by atoms with E-state index in [1.165, 1.54) is 0 Å². The highest BCUT2D eigenvalue weighted by atomic mass is 16.5. The monoisotopic (exact) mass is 323 g/mol. The number of benzene rings is 2. The van der Waals surface area contributed by atoms with Gasteiger partial charge in [-0.3, -0.25) is 4.79 Å². The molecular formula is C20H21NO3. The zero-order chi connectivity index (χ0) is 16.8. The fourth-order valence-corrected chi connectivity index (χ4v) is 2.69. The number of carbonyl (C=O) groups is 1. The molecule has 124 valence electrons. The molecule has 4 nitrogen and oxygen atoms in total. The number of fused-ring (bicyclic) bond motifs is 1. The molecule has 0 atom stereocenters. The Bertz CT molecular complexity index is 822. The van der Waals surface area contributed by atoms with Crippen molar-refractivity contribution in [2.24, 2.45) is 0 Å². The van der Waals surface area contributed by atoms with Gasteiger partial charge in [-0.05, 0) is 36.1 Å². The summed E-state index contributed by atoms with van der Waals surface area (Å²) in [5.74, 6) is 0.657. The smallest absolute Gasteiger partial charge is 0.257 e. The van der Waals surface area contributed by atoms with Gasteiger partial charge in [0.05, 0.1) is 6.26 Å². The number of para-hydroxylation sites is 2. The van der Waals surface area contributed by atoms with Crippen LogP contribution in [0.1, 0.15) is 18.1 Å². The quantitative estimate of drug-likeness (QED) is 0.721. The highest BCUT2D eigenvalue weighted by Crippen LogP contribution is 2.21. The van der Waals surface area contributed by atoms with Crippen molar-refractivity contribution in [3.05, 3.63) is 65.9 Å². The maximum atomic E-state index is 11.9. The second-order valence-electron chi connectivity index (χ2n) is 5.61. The molecule has 0 saturated carbocycles. The van der Waals surface area contributed by atoms with Gasteiger partial charge in [-0.2, -0.15) is 0 Å². The van der Waals surface area contributed by atoms with Crippen molar-refractivity contribution in [3.8, 4) is 5.75 Å². The molecule has 0 spiro atoms. The van der Waals surface area contributed by atoms with Crippen LogP contribution in [0.3, 0.4) is 0 Å². The molecule has 3 aromatic rings. The molecule has 1 N–H and O–H groups in total. The molecule has 0 saturated heterocycles. The van der Waals surface area contributed by atoms with Gasteiger partial charge < -0.3 is 14.5 Å². The Morgan fingerprint density at radius 1 is 1.08 bits per heavy atom. The van der Waals surface area contributed by atoms with E-state index in [9.17, 15) is 4.79 Å². The first kappa shape index (κ1) is 16.1. The van der Waals surface area contributed by atoms with Crippen LogP contribution < -0.4 is 10.1 Å². The third-order valence-corrected chi connectivity index (χ3v) is 3.99. The molecule has 2 aromatic carbocycles. The van der Waals surface area contributed by atoms with Crippen molar-refractivity contribution < 1.29 is 13.9 Å². The zero-order valence-corrected chi connectivity index (χ0v) is 13.7. The molecule has 0 bridgehead atoms. The highest BCUT2D eigenvalue weighted by molar-refractivity contribution is 5.81. The second-order valence-corrected chi connectivity index (χ2v) is 5.61. The van der Waals surface area contributed by atoms with Crippen molar-refractivity contribution in [2.75, 3.05) is 13.2 Å². The van der Waals surface area contributed by atoms with Crippen LogP contribution in [0.4, 0.5) is 0 Å². The fraction of sp³-hybridized carbons (Fsp3) is 0.250. The Kier molecular flexibility index (Phi) is 5.16. The average molecular weight is 323 g/mol. The van der Waals surface area contributed by atoms with E-state index >= 15 is 0 Å². The molecule has 0 aliphatic heterocycles. The van der Waals surface area contributed by atoms with Gasteiger partial charge in [0.25, 0.3) is 5.91 Å². The average Bonchev–Trinajstić information content (AvgIpc) is 3.03. The molecule has 0 aliphatic carbocycles. The van der Waals surface area contributed by atoms with Crippen molar-refractivity contribution in [1.82, 2.24) is 5.32 Å². The van der Waals surface area contributed by atoms with Crippen molar-refractivity contribution in [1.29, 1.82) is 0 Å². The summed E-state index contributed by atoms with van der Waals surface area (Å²) in [7, 11) is 0. The molecule has 0 aliphatic rings. The predicted molar refractivity (Wildman–Crippen MR) is 94.2 cm³/mol. The summed E-state index contributed by atoms with van der Waals surface area (Å²) in [4.78, 5) is 11.9. The molecule has 24 heavy (non-hydrogen) atoms. The SMILES string of the molecule is CCc1ccccc1OCC(=O)NCCc1coc2ccccc12. The number of hydrogen-bond donors (Lipinski definition) is 1. The van der Waals surface area contributed by atoms with Gasteiger partial charge in [-0.1, -0.05) is 43.3 Å². The first-order valence-corrected chi connectivity index (χ1v) is 8.20. The molecule has 4 heteroatoms. The summed E-state index contributed by atoms with van der Waals surface area (Å²) in [6.07, 6.45) is 3.37. The van der Waals surface area contributed by atoms with Gasteiger partial charge >= 0.3 is 0 Å². The number of aryl methyl sites for hydroxylation is 1. The first-order valence-electron chi connectivity index (χ1n) is 8.20. The van der Waals surface area contributed by atoms with E-state index in [1.54, 1.807) is 6.26 Å². The molecule has 0 fully saturated rings. The van der Waals surface area contributed by atoms with E-state index in [-0.39, 0.29) is 12.5 Å². The number of hydrogen-bond acceptors (Lipinski definition) is 3. The molecular weight excluding hydrogens is 302 g/mol. The third kappa shape index (κ3) is 3.77. The van der Waals surface area contributed by atoms with Crippen LogP contribution in [-0.4, -0.2) is 19.1 Å². The Morgan fingerprint density at radius 2 is 1.88 bits per heavy atom. The van der Waals surface area contributed by atoms with Gasteiger partial charge in [0.1, 0.15) is 11.3 Å². The van der Waals surface area contributed by atoms with E-state index in [0.29, 0.717) is 6.54 Å². The fourth-order valence-electron chi connectivity index (χ4n) is 2.69. The largest absolute Gasteiger partial charge is 0.483 e. The highest BCUT2D eigenvalue weighted by Gasteiger charge is 2.07. The van der Waals surface area contributed by atoms with Crippen LogP contribution in [-0.2, 0) is 17.6 Å². The van der Waals surface area contributed by atoms with Crippen LogP contribution in [0.5, 0.6) is 5.75 Å². The summed E-state index contributed by atoms with van der Waals surface area (Å²) in [6.45, 7) is 2.65. The summed E-state index contributed by atoms with van der Waals surface area (Å²) >= 11 is 0. The molecule has 0 unspecified atom stereocenters. The van der Waals surface area contributed by atoms with Crippen molar-refractivity contribution in [3.63, 3.8) is 0 Å². The molecule has 3 rings (SSSR count). The van der Waals surface area contributed by atoms with Crippen LogP contribution in [0, 0.1) is 0 Å². The van der Waals surface area contributed by atoms with Gasteiger partial charge in [-0.25, -0.2) is 0 Å². The molecule has 1 aromatic heterocycles. The van der Waals surface area contributed by atoms with Crippen LogP contribution in [0.15, 0.2) is 59.2 Å². The maximum Gasteiger partial charge on any atom is 0.257 e. The minimum Gasteiger partial charge on any atom is -0.483 e. The lowest BCUT2D eigenvalue weighted by atomic mass is 10.1. The summed E-state index contributed by atoms with van der Waals surface area (Å²) in [5, 5.41) is 3.98. The van der Waals surface area contributed by atoms with Crippen molar-refractivity contribution >= 4 is 16.9 Å².